The molecule has 0 bridgehead atoms. The van der Waals surface area contributed by atoms with Gasteiger partial charge in [0, 0.05) is 10.6 Å². The van der Waals surface area contributed by atoms with Gasteiger partial charge in [0.25, 0.3) is 5.19 Å². The quantitative estimate of drug-likeness (QED) is 0.927. The summed E-state index contributed by atoms with van der Waals surface area (Å²) < 4.78 is 5.35. The fourth-order valence-electron chi connectivity index (χ4n) is 1.18. The van der Waals surface area contributed by atoms with Crippen molar-refractivity contribution in [3.8, 4) is 17.1 Å². The molecular formula is C11H7ClN2O2S. The lowest BCUT2D eigenvalue weighted by Gasteiger charge is -2.03. The number of ether oxygens (including phenoxy) is 1. The van der Waals surface area contributed by atoms with E-state index < -0.39 is 0 Å². The van der Waals surface area contributed by atoms with Crippen LogP contribution in [0, 0.1) is 11.3 Å². The Hall–Kier alpha value is -1.77. The van der Waals surface area contributed by atoms with Crippen molar-refractivity contribution in [1.82, 2.24) is 4.98 Å². The molecule has 0 radical (unpaired) electrons. The number of nitriles is 1. The van der Waals surface area contributed by atoms with E-state index in [-0.39, 0.29) is 22.6 Å². The highest BCUT2D eigenvalue weighted by Crippen LogP contribution is 2.29. The molecule has 0 aliphatic carbocycles. The van der Waals surface area contributed by atoms with Gasteiger partial charge in [-0.3, -0.25) is 0 Å². The van der Waals surface area contributed by atoms with Crippen molar-refractivity contribution < 1.29 is 9.84 Å². The molecule has 6 heteroatoms. The first-order chi connectivity index (χ1) is 8.20. The van der Waals surface area contributed by atoms with E-state index >= 15 is 0 Å². The van der Waals surface area contributed by atoms with Gasteiger partial charge in [-0.15, -0.1) is 0 Å². The molecule has 1 aromatic carbocycles. The van der Waals surface area contributed by atoms with Crippen molar-refractivity contribution in [3.05, 3.63) is 39.7 Å². The third-order valence-electron chi connectivity index (χ3n) is 2.00. The lowest BCUT2D eigenvalue weighted by Crippen LogP contribution is -1.95. The Morgan fingerprint density at radius 1 is 1.47 bits per heavy atom. The van der Waals surface area contributed by atoms with Crippen LogP contribution >= 0.6 is 22.9 Å². The zero-order valence-electron chi connectivity index (χ0n) is 8.55. The van der Waals surface area contributed by atoms with Crippen LogP contribution in [0.5, 0.6) is 11.1 Å². The van der Waals surface area contributed by atoms with Crippen molar-refractivity contribution in [1.29, 1.82) is 5.26 Å². The third kappa shape index (κ3) is 2.67. The van der Waals surface area contributed by atoms with Gasteiger partial charge in [-0.25, -0.2) is 0 Å². The lowest BCUT2D eigenvalue weighted by atomic mass is 10.2. The van der Waals surface area contributed by atoms with Gasteiger partial charge in [-0.05, 0) is 6.07 Å². The highest BCUT2D eigenvalue weighted by atomic mass is 35.5. The molecule has 2 rings (SSSR count). The fourth-order valence-corrected chi connectivity index (χ4v) is 1.98. The largest absolute Gasteiger partial charge is 0.492 e. The molecule has 2 aromatic rings. The summed E-state index contributed by atoms with van der Waals surface area (Å²) in [6, 6.07) is 9.10. The zero-order chi connectivity index (χ0) is 12.3. The average molecular weight is 267 g/mol. The van der Waals surface area contributed by atoms with Crippen LogP contribution in [0.1, 0.15) is 10.4 Å². The molecule has 4 nitrogen and oxygen atoms in total. The molecule has 1 heterocycles. The summed E-state index contributed by atoms with van der Waals surface area (Å²) in [5.74, 6) is -0.299. The summed E-state index contributed by atoms with van der Waals surface area (Å²) in [5, 5.41) is 18.8. The fraction of sp³-hybridized carbons (Fsp3) is 0.0909. The minimum Gasteiger partial charge on any atom is -0.492 e. The van der Waals surface area contributed by atoms with Gasteiger partial charge in [0.15, 0.2) is 4.88 Å². The predicted octanol–water partition coefficient (Wildman–Crippen LogP) is 2.95. The highest BCUT2D eigenvalue weighted by Gasteiger charge is 2.10. The number of aromatic hydroxyl groups is 1. The van der Waals surface area contributed by atoms with E-state index in [1.165, 1.54) is 0 Å². The maximum atomic E-state index is 9.25. The molecule has 0 saturated heterocycles. The van der Waals surface area contributed by atoms with Crippen LogP contribution in [0.3, 0.4) is 0 Å². The number of hydrogen-bond donors (Lipinski definition) is 1. The number of benzene rings is 1. The zero-order valence-corrected chi connectivity index (χ0v) is 10.1. The summed E-state index contributed by atoms with van der Waals surface area (Å²) in [6.07, 6.45) is 0. The molecule has 86 valence electrons. The smallest absolute Gasteiger partial charge is 0.278 e. The van der Waals surface area contributed by atoms with Crippen LogP contribution in [0.25, 0.3) is 0 Å². The van der Waals surface area contributed by atoms with Crippen LogP contribution < -0.4 is 4.74 Å². The van der Waals surface area contributed by atoms with Crippen molar-refractivity contribution in [3.63, 3.8) is 0 Å². The van der Waals surface area contributed by atoms with E-state index in [0.717, 1.165) is 16.9 Å². The van der Waals surface area contributed by atoms with Crippen LogP contribution in [0.4, 0.5) is 0 Å². The Morgan fingerprint density at radius 3 is 2.88 bits per heavy atom. The Balaban J connectivity index is 2.08. The highest BCUT2D eigenvalue weighted by molar-refractivity contribution is 7.14. The first-order valence-electron chi connectivity index (χ1n) is 4.67. The predicted molar refractivity (Wildman–Crippen MR) is 64.3 cm³/mol. The van der Waals surface area contributed by atoms with Crippen molar-refractivity contribution in [2.24, 2.45) is 0 Å². The standard InChI is InChI=1S/C11H7ClN2O2S/c12-8-4-2-1-3-7(8)6-16-11-14-10(15)9(5-13)17-11/h1-4,15H,6H2. The molecule has 0 fully saturated rings. The van der Waals surface area contributed by atoms with Crippen molar-refractivity contribution in [2.45, 2.75) is 6.61 Å². The summed E-state index contributed by atoms with van der Waals surface area (Å²) in [5.41, 5.74) is 0.822. The van der Waals surface area contributed by atoms with Crippen molar-refractivity contribution in [2.75, 3.05) is 0 Å². The van der Waals surface area contributed by atoms with E-state index in [9.17, 15) is 5.11 Å². The molecule has 1 N–H and O–H groups in total. The molecule has 0 spiro atoms. The molecule has 0 amide bonds. The number of aromatic nitrogens is 1. The van der Waals surface area contributed by atoms with Crippen LogP contribution in [-0.2, 0) is 6.61 Å². The first-order valence-corrected chi connectivity index (χ1v) is 5.86. The average Bonchev–Trinajstić information content (AvgIpc) is 2.69. The molecule has 0 aliphatic heterocycles. The van der Waals surface area contributed by atoms with Gasteiger partial charge in [0.2, 0.25) is 5.88 Å². The molecule has 1 aromatic heterocycles. The molecular weight excluding hydrogens is 260 g/mol. The summed E-state index contributed by atoms with van der Waals surface area (Å²) in [7, 11) is 0. The van der Waals surface area contributed by atoms with Gasteiger partial charge in [-0.2, -0.15) is 10.2 Å². The van der Waals surface area contributed by atoms with Gasteiger partial charge >= 0.3 is 0 Å². The summed E-state index contributed by atoms with van der Waals surface area (Å²) in [6.45, 7) is 0.248. The minimum absolute atomic E-state index is 0.138. The Bertz CT molecular complexity index is 577. The SMILES string of the molecule is N#Cc1sc(OCc2ccccc2Cl)nc1O. The summed E-state index contributed by atoms with van der Waals surface area (Å²) in [4.78, 5) is 3.85. The van der Waals surface area contributed by atoms with E-state index in [1.807, 2.05) is 24.3 Å². The Kier molecular flexibility index (Phi) is 3.47. The van der Waals surface area contributed by atoms with Crippen molar-refractivity contribution >= 4 is 22.9 Å². The second-order valence-corrected chi connectivity index (χ2v) is 4.49. The topological polar surface area (TPSA) is 66.1 Å². The number of nitrogens with zero attached hydrogens (tertiary/aromatic N) is 2. The molecule has 0 aliphatic rings. The maximum absolute atomic E-state index is 9.25. The van der Waals surface area contributed by atoms with E-state index in [2.05, 4.69) is 4.98 Å². The van der Waals surface area contributed by atoms with Gasteiger partial charge < -0.3 is 9.84 Å². The number of hydrogen-bond acceptors (Lipinski definition) is 5. The van der Waals surface area contributed by atoms with Gasteiger partial charge in [0.1, 0.15) is 12.7 Å². The van der Waals surface area contributed by atoms with Crippen LogP contribution in [0.15, 0.2) is 24.3 Å². The number of rotatable bonds is 3. The molecule has 0 atom stereocenters. The van der Waals surface area contributed by atoms with E-state index in [1.54, 1.807) is 6.07 Å². The van der Waals surface area contributed by atoms with Gasteiger partial charge in [0.05, 0.1) is 0 Å². The first kappa shape index (κ1) is 11.7. The van der Waals surface area contributed by atoms with Gasteiger partial charge in [-0.1, -0.05) is 41.1 Å². The summed E-state index contributed by atoms with van der Waals surface area (Å²) >= 11 is 6.95. The van der Waals surface area contributed by atoms with E-state index in [4.69, 9.17) is 21.6 Å². The maximum Gasteiger partial charge on any atom is 0.278 e. The van der Waals surface area contributed by atoms with Crippen LogP contribution in [0.2, 0.25) is 5.02 Å². The second-order valence-electron chi connectivity index (χ2n) is 3.12. The van der Waals surface area contributed by atoms with E-state index in [0.29, 0.717) is 5.02 Å². The molecule has 0 saturated carbocycles. The Morgan fingerprint density at radius 2 is 2.24 bits per heavy atom. The number of thiazole rings is 1. The number of halogens is 1. The molecule has 0 unspecified atom stereocenters. The molecule has 17 heavy (non-hydrogen) atoms. The normalized spacial score (nSPS) is 9.88. The minimum atomic E-state index is -0.299. The monoisotopic (exact) mass is 266 g/mol. The second kappa shape index (κ2) is 5.04. The lowest BCUT2D eigenvalue weighted by molar-refractivity contribution is 0.300. The van der Waals surface area contributed by atoms with Crippen LogP contribution in [-0.4, -0.2) is 10.1 Å². The Labute approximate surface area is 107 Å². The third-order valence-corrected chi connectivity index (χ3v) is 3.23.